The van der Waals surface area contributed by atoms with E-state index in [-0.39, 0.29) is 19.0 Å². The lowest BCUT2D eigenvalue weighted by Gasteiger charge is -2.22. The summed E-state index contributed by atoms with van der Waals surface area (Å²) in [4.78, 5) is 24.2. The largest absolute Gasteiger partial charge is 0.480 e. The number of aliphatic carboxylic acids is 1. The van der Waals surface area contributed by atoms with Gasteiger partial charge in [-0.15, -0.1) is 0 Å². The Kier molecular flexibility index (Phi) is 4.63. The lowest BCUT2D eigenvalue weighted by atomic mass is 10.0. The molecule has 0 bridgehead atoms. The third kappa shape index (κ3) is 3.59. The van der Waals surface area contributed by atoms with E-state index in [1.54, 1.807) is 0 Å². The standard InChI is InChI=1S/C13H22N2O4/c16-10-7-11(12(17)18)15(8-10)13(19)14-6-5-9-3-1-2-4-9/h9-11,16H,1-8H2,(H,14,19)(H,17,18)/t10-,11+/m1/s1. The van der Waals surface area contributed by atoms with Gasteiger partial charge in [-0.25, -0.2) is 9.59 Å². The molecule has 0 radical (unpaired) electrons. The summed E-state index contributed by atoms with van der Waals surface area (Å²) in [5, 5.41) is 21.3. The van der Waals surface area contributed by atoms with Crippen molar-refractivity contribution in [2.24, 2.45) is 5.92 Å². The molecule has 2 amide bonds. The molecule has 1 heterocycles. The van der Waals surface area contributed by atoms with Gasteiger partial charge in [0.1, 0.15) is 6.04 Å². The minimum atomic E-state index is -1.05. The molecule has 0 aromatic rings. The van der Waals surface area contributed by atoms with Gasteiger partial charge < -0.3 is 20.4 Å². The molecular formula is C13H22N2O4. The molecule has 0 aromatic carbocycles. The average molecular weight is 270 g/mol. The van der Waals surface area contributed by atoms with E-state index in [4.69, 9.17) is 5.11 Å². The molecule has 1 aliphatic carbocycles. The average Bonchev–Trinajstić information content (AvgIpc) is 2.98. The molecule has 3 N–H and O–H groups in total. The van der Waals surface area contributed by atoms with E-state index in [0.29, 0.717) is 12.5 Å². The predicted octanol–water partition coefficient (Wildman–Crippen LogP) is 0.796. The van der Waals surface area contributed by atoms with Gasteiger partial charge in [0.15, 0.2) is 0 Å². The molecule has 2 fully saturated rings. The van der Waals surface area contributed by atoms with Gasteiger partial charge in [-0.05, 0) is 12.3 Å². The van der Waals surface area contributed by atoms with Crippen LogP contribution in [-0.2, 0) is 4.79 Å². The monoisotopic (exact) mass is 270 g/mol. The van der Waals surface area contributed by atoms with E-state index in [1.807, 2.05) is 0 Å². The van der Waals surface area contributed by atoms with Crippen molar-refractivity contribution < 1.29 is 19.8 Å². The Bertz CT molecular complexity index is 342. The first-order chi connectivity index (χ1) is 9.08. The summed E-state index contributed by atoms with van der Waals surface area (Å²) >= 11 is 0. The number of carboxylic acid groups (broad SMARTS) is 1. The Labute approximate surface area is 112 Å². The number of nitrogens with zero attached hydrogens (tertiary/aromatic N) is 1. The summed E-state index contributed by atoms with van der Waals surface area (Å²) in [7, 11) is 0. The zero-order chi connectivity index (χ0) is 13.8. The zero-order valence-electron chi connectivity index (χ0n) is 11.0. The number of hydrogen-bond acceptors (Lipinski definition) is 3. The van der Waals surface area contributed by atoms with E-state index < -0.39 is 18.1 Å². The number of amides is 2. The van der Waals surface area contributed by atoms with Crippen LogP contribution in [0, 0.1) is 5.92 Å². The lowest BCUT2D eigenvalue weighted by molar-refractivity contribution is -0.141. The molecule has 2 aliphatic rings. The molecule has 6 nitrogen and oxygen atoms in total. The van der Waals surface area contributed by atoms with Crippen LogP contribution in [0.3, 0.4) is 0 Å². The highest BCUT2D eigenvalue weighted by atomic mass is 16.4. The van der Waals surface area contributed by atoms with Crippen LogP contribution in [0.1, 0.15) is 38.5 Å². The van der Waals surface area contributed by atoms with Crippen LogP contribution in [-0.4, -0.2) is 52.3 Å². The smallest absolute Gasteiger partial charge is 0.326 e. The van der Waals surface area contributed by atoms with Gasteiger partial charge in [-0.1, -0.05) is 25.7 Å². The van der Waals surface area contributed by atoms with Crippen LogP contribution < -0.4 is 5.32 Å². The summed E-state index contributed by atoms with van der Waals surface area (Å²) in [6.07, 6.45) is 5.36. The summed E-state index contributed by atoms with van der Waals surface area (Å²) in [6, 6.07) is -1.27. The Balaban J connectivity index is 1.76. The third-order valence-electron chi connectivity index (χ3n) is 4.13. The molecule has 0 spiro atoms. The third-order valence-corrected chi connectivity index (χ3v) is 4.13. The number of aliphatic hydroxyl groups is 1. The van der Waals surface area contributed by atoms with Crippen molar-refractivity contribution in [3.05, 3.63) is 0 Å². The van der Waals surface area contributed by atoms with Crippen LogP contribution >= 0.6 is 0 Å². The summed E-state index contributed by atoms with van der Waals surface area (Å²) < 4.78 is 0. The summed E-state index contributed by atoms with van der Waals surface area (Å²) in [5.41, 5.74) is 0. The highest BCUT2D eigenvalue weighted by Gasteiger charge is 2.38. The van der Waals surface area contributed by atoms with Gasteiger partial charge in [0.2, 0.25) is 0 Å². The van der Waals surface area contributed by atoms with Gasteiger partial charge in [0.05, 0.1) is 6.10 Å². The SMILES string of the molecule is O=C(O)[C@@H]1C[C@@H](O)CN1C(=O)NCCC1CCCC1. The minimum Gasteiger partial charge on any atom is -0.480 e. The van der Waals surface area contributed by atoms with Crippen molar-refractivity contribution in [2.45, 2.75) is 50.7 Å². The number of nitrogens with one attached hydrogen (secondary N) is 1. The molecule has 6 heteroatoms. The Hall–Kier alpha value is -1.30. The minimum absolute atomic E-state index is 0.103. The van der Waals surface area contributed by atoms with Gasteiger partial charge >= 0.3 is 12.0 Å². The Morgan fingerprint density at radius 2 is 1.95 bits per heavy atom. The fourth-order valence-corrected chi connectivity index (χ4v) is 3.06. The lowest BCUT2D eigenvalue weighted by Crippen LogP contribution is -2.46. The van der Waals surface area contributed by atoms with E-state index in [1.165, 1.54) is 30.6 Å². The number of carbonyl (C=O) groups excluding carboxylic acids is 1. The van der Waals surface area contributed by atoms with Crippen molar-refractivity contribution >= 4 is 12.0 Å². The van der Waals surface area contributed by atoms with Crippen molar-refractivity contribution in [2.75, 3.05) is 13.1 Å². The molecule has 1 aliphatic heterocycles. The van der Waals surface area contributed by atoms with Crippen LogP contribution in [0.25, 0.3) is 0 Å². The molecule has 2 atom stereocenters. The Morgan fingerprint density at radius 3 is 2.58 bits per heavy atom. The van der Waals surface area contributed by atoms with E-state index in [9.17, 15) is 14.7 Å². The second-order valence-corrected chi connectivity index (χ2v) is 5.57. The predicted molar refractivity (Wildman–Crippen MR) is 68.7 cm³/mol. The quantitative estimate of drug-likeness (QED) is 0.704. The first-order valence-electron chi connectivity index (χ1n) is 7.03. The molecule has 108 valence electrons. The van der Waals surface area contributed by atoms with Crippen LogP contribution in [0.2, 0.25) is 0 Å². The first kappa shape index (κ1) is 14.1. The summed E-state index contributed by atoms with van der Waals surface area (Å²) in [5.74, 6) is -0.359. The highest BCUT2D eigenvalue weighted by Crippen LogP contribution is 2.27. The molecule has 1 saturated heterocycles. The number of aliphatic hydroxyl groups excluding tert-OH is 1. The molecule has 19 heavy (non-hydrogen) atoms. The number of β-amino-alcohol motifs (C(OH)–C–C–N with tert-alkyl or cyclic N) is 1. The number of carboxylic acids is 1. The number of likely N-dealkylation sites (tertiary alicyclic amines) is 1. The normalized spacial score (nSPS) is 27.7. The maximum atomic E-state index is 11.9. The van der Waals surface area contributed by atoms with Crippen molar-refractivity contribution in [1.29, 1.82) is 0 Å². The number of urea groups is 1. The van der Waals surface area contributed by atoms with E-state index in [0.717, 1.165) is 6.42 Å². The highest BCUT2D eigenvalue weighted by molar-refractivity contribution is 5.83. The number of hydrogen-bond donors (Lipinski definition) is 3. The number of carbonyl (C=O) groups is 2. The molecule has 0 aromatic heterocycles. The van der Waals surface area contributed by atoms with Gasteiger partial charge in [0, 0.05) is 19.5 Å². The maximum absolute atomic E-state index is 11.9. The first-order valence-corrected chi connectivity index (χ1v) is 7.03. The molecule has 2 rings (SSSR count). The van der Waals surface area contributed by atoms with Crippen LogP contribution in [0.4, 0.5) is 4.79 Å². The zero-order valence-corrected chi connectivity index (χ0v) is 11.0. The van der Waals surface area contributed by atoms with Crippen LogP contribution in [0.15, 0.2) is 0 Å². The Morgan fingerprint density at radius 1 is 1.26 bits per heavy atom. The van der Waals surface area contributed by atoms with E-state index in [2.05, 4.69) is 5.32 Å². The number of rotatable bonds is 4. The molecule has 0 unspecified atom stereocenters. The van der Waals surface area contributed by atoms with Gasteiger partial charge in [-0.3, -0.25) is 0 Å². The fourth-order valence-electron chi connectivity index (χ4n) is 3.06. The second-order valence-electron chi connectivity index (χ2n) is 5.57. The fraction of sp³-hybridized carbons (Fsp3) is 0.846. The molecular weight excluding hydrogens is 248 g/mol. The maximum Gasteiger partial charge on any atom is 0.326 e. The van der Waals surface area contributed by atoms with Crippen molar-refractivity contribution in [3.63, 3.8) is 0 Å². The topological polar surface area (TPSA) is 89.9 Å². The van der Waals surface area contributed by atoms with Gasteiger partial charge in [-0.2, -0.15) is 0 Å². The second kappa shape index (κ2) is 6.23. The van der Waals surface area contributed by atoms with Crippen molar-refractivity contribution in [3.8, 4) is 0 Å². The van der Waals surface area contributed by atoms with Crippen molar-refractivity contribution in [1.82, 2.24) is 10.2 Å². The van der Waals surface area contributed by atoms with Gasteiger partial charge in [0.25, 0.3) is 0 Å². The molecule has 1 saturated carbocycles. The summed E-state index contributed by atoms with van der Waals surface area (Å²) in [6.45, 7) is 0.689. The van der Waals surface area contributed by atoms with E-state index >= 15 is 0 Å². The van der Waals surface area contributed by atoms with Crippen LogP contribution in [0.5, 0.6) is 0 Å².